The Hall–Kier alpha value is -3.48. The van der Waals surface area contributed by atoms with Crippen LogP contribution in [0.3, 0.4) is 0 Å². The zero-order valence-corrected chi connectivity index (χ0v) is 17.1. The molecule has 0 aromatic heterocycles. The van der Waals surface area contributed by atoms with Crippen LogP contribution in [0.15, 0.2) is 42.0 Å². The van der Waals surface area contributed by atoms with E-state index in [2.05, 4.69) is 5.32 Å². The highest BCUT2D eigenvalue weighted by molar-refractivity contribution is 6.08. The van der Waals surface area contributed by atoms with Crippen molar-refractivity contribution < 1.29 is 23.8 Å². The number of benzene rings is 2. The van der Waals surface area contributed by atoms with Gasteiger partial charge in [0.15, 0.2) is 11.5 Å². The minimum absolute atomic E-state index is 0.0573. The monoisotopic (exact) mass is 408 g/mol. The summed E-state index contributed by atoms with van der Waals surface area (Å²) < 4.78 is 16.8. The summed E-state index contributed by atoms with van der Waals surface area (Å²) in [5.41, 5.74) is 2.56. The molecule has 1 N–H and O–H groups in total. The summed E-state index contributed by atoms with van der Waals surface area (Å²) in [5.74, 6) is 1.71. The molecule has 7 heteroatoms. The Bertz CT molecular complexity index is 1010. The summed E-state index contributed by atoms with van der Waals surface area (Å²) in [6.07, 6.45) is 3.14. The zero-order valence-electron chi connectivity index (χ0n) is 17.1. The minimum atomic E-state index is -0.258. The van der Waals surface area contributed by atoms with E-state index < -0.39 is 0 Å². The van der Waals surface area contributed by atoms with Crippen LogP contribution in [0.1, 0.15) is 25.3 Å². The van der Waals surface area contributed by atoms with Crippen molar-refractivity contribution >= 4 is 29.3 Å². The van der Waals surface area contributed by atoms with Gasteiger partial charge < -0.3 is 24.4 Å². The Morgan fingerprint density at radius 3 is 2.83 bits per heavy atom. The second-order valence-electron chi connectivity index (χ2n) is 7.06. The molecule has 2 aromatic rings. The Balaban J connectivity index is 1.56. The van der Waals surface area contributed by atoms with E-state index in [1.54, 1.807) is 30.2 Å². The molecule has 0 unspecified atom stereocenters. The standard InChI is InChI=1S/C23H24N2O5/c1-3-29-20-7-4-6-15-12-16(14-30-22(15)20)23(27)24-17-9-10-19(28-2)18(13-17)25-11-5-8-21(25)26/h4,6-7,9-10,12-13H,3,5,8,11,14H2,1-2H3,(H,24,27). The van der Waals surface area contributed by atoms with Crippen molar-refractivity contribution in [2.75, 3.05) is 37.1 Å². The molecule has 2 amide bonds. The number of nitrogens with zero attached hydrogens (tertiary/aromatic N) is 1. The summed E-state index contributed by atoms with van der Waals surface area (Å²) in [5, 5.41) is 2.90. The maximum atomic E-state index is 12.8. The summed E-state index contributed by atoms with van der Waals surface area (Å²) >= 11 is 0. The first-order chi connectivity index (χ1) is 14.6. The summed E-state index contributed by atoms with van der Waals surface area (Å²) in [6, 6.07) is 10.9. The van der Waals surface area contributed by atoms with E-state index in [0.29, 0.717) is 53.8 Å². The third-order valence-corrected chi connectivity index (χ3v) is 5.10. The maximum Gasteiger partial charge on any atom is 0.255 e. The quantitative estimate of drug-likeness (QED) is 0.790. The van der Waals surface area contributed by atoms with Gasteiger partial charge in [-0.05, 0) is 43.7 Å². The molecule has 0 saturated carbocycles. The van der Waals surface area contributed by atoms with Gasteiger partial charge in [0.2, 0.25) is 5.91 Å². The van der Waals surface area contributed by atoms with E-state index in [0.717, 1.165) is 12.0 Å². The molecule has 156 valence electrons. The van der Waals surface area contributed by atoms with Gasteiger partial charge in [0, 0.05) is 24.2 Å². The number of nitrogens with one attached hydrogen (secondary N) is 1. The molecule has 0 bridgehead atoms. The number of fused-ring (bicyclic) bond motifs is 1. The molecule has 0 aliphatic carbocycles. The molecule has 7 nitrogen and oxygen atoms in total. The lowest BCUT2D eigenvalue weighted by atomic mass is 10.1. The van der Waals surface area contributed by atoms with E-state index in [1.807, 2.05) is 31.2 Å². The predicted octanol–water partition coefficient (Wildman–Crippen LogP) is 3.64. The number of rotatable bonds is 6. The van der Waals surface area contributed by atoms with Gasteiger partial charge in [-0.3, -0.25) is 9.59 Å². The molecule has 2 aliphatic rings. The fourth-order valence-corrected chi connectivity index (χ4v) is 3.67. The molecule has 4 rings (SSSR count). The van der Waals surface area contributed by atoms with Crippen molar-refractivity contribution in [3.8, 4) is 17.2 Å². The molecule has 2 aromatic carbocycles. The third kappa shape index (κ3) is 3.83. The molecule has 0 spiro atoms. The molecule has 1 saturated heterocycles. The largest absolute Gasteiger partial charge is 0.495 e. The maximum absolute atomic E-state index is 12.8. The number of carbonyl (C=O) groups is 2. The first kappa shape index (κ1) is 19.8. The molecule has 2 heterocycles. The molecular weight excluding hydrogens is 384 g/mol. The lowest BCUT2D eigenvalue weighted by Gasteiger charge is -2.21. The highest BCUT2D eigenvalue weighted by atomic mass is 16.5. The fourth-order valence-electron chi connectivity index (χ4n) is 3.67. The van der Waals surface area contributed by atoms with E-state index >= 15 is 0 Å². The number of carbonyl (C=O) groups excluding carboxylic acids is 2. The van der Waals surface area contributed by atoms with Crippen LogP contribution in [0.4, 0.5) is 11.4 Å². The van der Waals surface area contributed by atoms with E-state index in [-0.39, 0.29) is 18.4 Å². The van der Waals surface area contributed by atoms with E-state index in [9.17, 15) is 9.59 Å². The number of anilines is 2. The molecule has 0 radical (unpaired) electrons. The second kappa shape index (κ2) is 8.49. The number of hydrogen-bond donors (Lipinski definition) is 1. The normalized spacial score (nSPS) is 15.2. The van der Waals surface area contributed by atoms with Gasteiger partial charge in [0.25, 0.3) is 5.91 Å². The fraction of sp³-hybridized carbons (Fsp3) is 0.304. The Morgan fingerprint density at radius 1 is 1.23 bits per heavy atom. The van der Waals surface area contributed by atoms with Gasteiger partial charge in [-0.2, -0.15) is 0 Å². The van der Waals surface area contributed by atoms with Gasteiger partial charge in [-0.15, -0.1) is 0 Å². The van der Waals surface area contributed by atoms with Crippen LogP contribution in [-0.2, 0) is 9.59 Å². The number of amides is 2. The second-order valence-corrected chi connectivity index (χ2v) is 7.06. The van der Waals surface area contributed by atoms with Gasteiger partial charge in [0.05, 0.1) is 25.0 Å². The number of para-hydroxylation sites is 1. The van der Waals surface area contributed by atoms with E-state index in [1.165, 1.54) is 0 Å². The van der Waals surface area contributed by atoms with Crippen LogP contribution in [-0.4, -0.2) is 38.7 Å². The van der Waals surface area contributed by atoms with Gasteiger partial charge in [0.1, 0.15) is 12.4 Å². The number of hydrogen-bond acceptors (Lipinski definition) is 5. The van der Waals surface area contributed by atoms with Crippen molar-refractivity contribution in [2.45, 2.75) is 19.8 Å². The summed E-state index contributed by atoms with van der Waals surface area (Å²) in [6.45, 7) is 3.24. The molecule has 0 atom stereocenters. The van der Waals surface area contributed by atoms with Gasteiger partial charge in [-0.1, -0.05) is 12.1 Å². The first-order valence-corrected chi connectivity index (χ1v) is 9.99. The van der Waals surface area contributed by atoms with Crippen LogP contribution >= 0.6 is 0 Å². The van der Waals surface area contributed by atoms with Crippen molar-refractivity contribution in [2.24, 2.45) is 0 Å². The molecule has 1 fully saturated rings. The van der Waals surface area contributed by atoms with Crippen LogP contribution in [0, 0.1) is 0 Å². The van der Waals surface area contributed by atoms with Crippen LogP contribution < -0.4 is 24.4 Å². The SMILES string of the molecule is CCOc1cccc2c1OCC(C(=O)Nc1ccc(OC)c(N3CCCC3=O)c1)=C2. The molecule has 2 aliphatic heterocycles. The van der Waals surface area contributed by atoms with Crippen LogP contribution in [0.25, 0.3) is 6.08 Å². The Labute approximate surface area is 175 Å². The lowest BCUT2D eigenvalue weighted by Crippen LogP contribution is -2.25. The predicted molar refractivity (Wildman–Crippen MR) is 114 cm³/mol. The highest BCUT2D eigenvalue weighted by Gasteiger charge is 2.25. The minimum Gasteiger partial charge on any atom is -0.495 e. The molecular formula is C23H24N2O5. The van der Waals surface area contributed by atoms with Gasteiger partial charge >= 0.3 is 0 Å². The Kier molecular flexibility index (Phi) is 5.61. The lowest BCUT2D eigenvalue weighted by molar-refractivity contribution is -0.117. The average Bonchev–Trinajstić information content (AvgIpc) is 3.19. The van der Waals surface area contributed by atoms with Gasteiger partial charge in [-0.25, -0.2) is 0 Å². The molecule has 30 heavy (non-hydrogen) atoms. The third-order valence-electron chi connectivity index (χ3n) is 5.10. The zero-order chi connectivity index (χ0) is 21.1. The summed E-state index contributed by atoms with van der Waals surface area (Å²) in [4.78, 5) is 26.7. The highest BCUT2D eigenvalue weighted by Crippen LogP contribution is 2.37. The van der Waals surface area contributed by atoms with Crippen LogP contribution in [0.2, 0.25) is 0 Å². The van der Waals surface area contributed by atoms with Crippen molar-refractivity contribution in [3.63, 3.8) is 0 Å². The van der Waals surface area contributed by atoms with Crippen LogP contribution in [0.5, 0.6) is 17.2 Å². The first-order valence-electron chi connectivity index (χ1n) is 9.99. The smallest absolute Gasteiger partial charge is 0.255 e. The Morgan fingerprint density at radius 2 is 2.10 bits per heavy atom. The average molecular weight is 408 g/mol. The van der Waals surface area contributed by atoms with Crippen molar-refractivity contribution in [1.29, 1.82) is 0 Å². The van der Waals surface area contributed by atoms with Crippen molar-refractivity contribution in [3.05, 3.63) is 47.5 Å². The van der Waals surface area contributed by atoms with Crippen molar-refractivity contribution in [1.82, 2.24) is 0 Å². The number of methoxy groups -OCH3 is 1. The number of ether oxygens (including phenoxy) is 3. The van der Waals surface area contributed by atoms with E-state index in [4.69, 9.17) is 14.2 Å². The topological polar surface area (TPSA) is 77.1 Å². The summed E-state index contributed by atoms with van der Waals surface area (Å²) in [7, 11) is 1.57.